The minimum absolute atomic E-state index is 0.0903. The highest BCUT2D eigenvalue weighted by Crippen LogP contribution is 2.37. The molecule has 1 unspecified atom stereocenters. The van der Waals surface area contributed by atoms with E-state index in [1.54, 1.807) is 0 Å². The number of hydrogen-bond donors (Lipinski definition) is 1. The zero-order valence-electron chi connectivity index (χ0n) is 13.2. The molecular formula is C18H29NO. The van der Waals surface area contributed by atoms with Gasteiger partial charge in [0.05, 0.1) is 5.60 Å². The summed E-state index contributed by atoms with van der Waals surface area (Å²) in [5, 5.41) is 0. The third-order valence-corrected chi connectivity index (χ3v) is 5.09. The van der Waals surface area contributed by atoms with Gasteiger partial charge in [-0.1, -0.05) is 38.1 Å². The minimum Gasteiger partial charge on any atom is -0.377 e. The van der Waals surface area contributed by atoms with Gasteiger partial charge in [-0.2, -0.15) is 0 Å². The van der Waals surface area contributed by atoms with Crippen LogP contribution < -0.4 is 5.73 Å². The average Bonchev–Trinajstić information content (AvgIpc) is 2.49. The van der Waals surface area contributed by atoms with E-state index in [4.69, 9.17) is 10.5 Å². The average molecular weight is 275 g/mol. The highest BCUT2D eigenvalue weighted by molar-refractivity contribution is 5.23. The fourth-order valence-electron chi connectivity index (χ4n) is 3.33. The molecule has 0 saturated heterocycles. The van der Waals surface area contributed by atoms with Gasteiger partial charge in [0.25, 0.3) is 0 Å². The third-order valence-electron chi connectivity index (χ3n) is 5.09. The Bertz CT molecular complexity index is 404. The van der Waals surface area contributed by atoms with Crippen molar-refractivity contribution in [1.82, 2.24) is 0 Å². The summed E-state index contributed by atoms with van der Waals surface area (Å²) < 4.78 is 5.88. The molecule has 0 amide bonds. The number of nitrogens with two attached hydrogens (primary N) is 1. The topological polar surface area (TPSA) is 35.2 Å². The molecule has 1 aromatic rings. The first-order valence-electron chi connectivity index (χ1n) is 7.98. The molecule has 2 N–H and O–H groups in total. The largest absolute Gasteiger partial charge is 0.377 e. The van der Waals surface area contributed by atoms with Crippen LogP contribution in [0.3, 0.4) is 0 Å². The van der Waals surface area contributed by atoms with E-state index in [9.17, 15) is 0 Å². The van der Waals surface area contributed by atoms with Crippen LogP contribution in [0.2, 0.25) is 0 Å². The van der Waals surface area contributed by atoms with Crippen LogP contribution >= 0.6 is 0 Å². The summed E-state index contributed by atoms with van der Waals surface area (Å²) in [6.07, 6.45) is 6.66. The lowest BCUT2D eigenvalue weighted by molar-refractivity contribution is -0.0659. The van der Waals surface area contributed by atoms with Gasteiger partial charge in [-0.3, -0.25) is 0 Å². The lowest BCUT2D eigenvalue weighted by Crippen LogP contribution is -2.52. The van der Waals surface area contributed by atoms with Crippen LogP contribution in [0.15, 0.2) is 24.3 Å². The summed E-state index contributed by atoms with van der Waals surface area (Å²) in [6, 6.07) is 8.95. The molecule has 112 valence electrons. The second-order valence-electron chi connectivity index (χ2n) is 6.43. The summed E-state index contributed by atoms with van der Waals surface area (Å²) in [4.78, 5) is 0. The first kappa shape index (κ1) is 15.5. The quantitative estimate of drug-likeness (QED) is 0.889. The summed E-state index contributed by atoms with van der Waals surface area (Å²) >= 11 is 0. The predicted molar refractivity (Wildman–Crippen MR) is 84.9 cm³/mol. The van der Waals surface area contributed by atoms with Gasteiger partial charge < -0.3 is 10.5 Å². The van der Waals surface area contributed by atoms with Crippen LogP contribution in [0.4, 0.5) is 0 Å². The van der Waals surface area contributed by atoms with E-state index < -0.39 is 0 Å². The van der Waals surface area contributed by atoms with Crippen molar-refractivity contribution in [2.75, 3.05) is 7.11 Å². The maximum Gasteiger partial charge on any atom is 0.0832 e. The SMILES string of the molecule is CCc1ccc(CC(N)C2(OC)CCC(C)CC2)cc1. The number of rotatable bonds is 5. The lowest BCUT2D eigenvalue weighted by atomic mass is 9.74. The Balaban J connectivity index is 2.03. The molecule has 1 saturated carbocycles. The van der Waals surface area contributed by atoms with Crippen LogP contribution in [0.1, 0.15) is 50.7 Å². The standard InChI is InChI=1S/C18H29NO/c1-4-15-5-7-16(8-6-15)13-17(19)18(20-3)11-9-14(2)10-12-18/h5-8,14,17H,4,9-13,19H2,1-3H3. The molecule has 1 fully saturated rings. The van der Waals surface area contributed by atoms with E-state index in [0.717, 1.165) is 31.6 Å². The highest BCUT2D eigenvalue weighted by Gasteiger charge is 2.39. The van der Waals surface area contributed by atoms with Gasteiger partial charge in [0.1, 0.15) is 0 Å². The summed E-state index contributed by atoms with van der Waals surface area (Å²) in [7, 11) is 1.83. The summed E-state index contributed by atoms with van der Waals surface area (Å²) in [5.41, 5.74) is 9.11. The van der Waals surface area contributed by atoms with Crippen LogP contribution in [-0.2, 0) is 17.6 Å². The first-order valence-corrected chi connectivity index (χ1v) is 7.98. The van der Waals surface area contributed by atoms with Crippen molar-refractivity contribution in [2.24, 2.45) is 11.7 Å². The van der Waals surface area contributed by atoms with Gasteiger partial charge in [0, 0.05) is 13.2 Å². The molecule has 2 rings (SSSR count). The number of aryl methyl sites for hydroxylation is 1. The molecule has 0 heterocycles. The van der Waals surface area contributed by atoms with Gasteiger partial charge in [-0.25, -0.2) is 0 Å². The Labute approximate surface area is 123 Å². The molecular weight excluding hydrogens is 246 g/mol. The number of methoxy groups -OCH3 is 1. The van der Waals surface area contributed by atoms with Crippen molar-refractivity contribution in [1.29, 1.82) is 0 Å². The van der Waals surface area contributed by atoms with Gasteiger partial charge in [-0.05, 0) is 55.6 Å². The van der Waals surface area contributed by atoms with Crippen LogP contribution in [0.25, 0.3) is 0 Å². The predicted octanol–water partition coefficient (Wildman–Crippen LogP) is 3.71. The first-order chi connectivity index (χ1) is 9.59. The number of ether oxygens (including phenoxy) is 1. The smallest absolute Gasteiger partial charge is 0.0832 e. The molecule has 20 heavy (non-hydrogen) atoms. The molecule has 1 aliphatic carbocycles. The fraction of sp³-hybridized carbons (Fsp3) is 0.667. The second kappa shape index (κ2) is 6.73. The van der Waals surface area contributed by atoms with E-state index in [1.807, 2.05) is 7.11 Å². The van der Waals surface area contributed by atoms with E-state index >= 15 is 0 Å². The molecule has 2 nitrogen and oxygen atoms in total. The maximum absolute atomic E-state index is 6.52. The van der Waals surface area contributed by atoms with Gasteiger partial charge >= 0.3 is 0 Å². The molecule has 1 aromatic carbocycles. The minimum atomic E-state index is -0.115. The molecule has 0 aromatic heterocycles. The van der Waals surface area contributed by atoms with E-state index in [2.05, 4.69) is 38.1 Å². The Morgan fingerprint density at radius 2 is 1.75 bits per heavy atom. The third kappa shape index (κ3) is 3.42. The van der Waals surface area contributed by atoms with Crippen molar-refractivity contribution in [2.45, 2.75) is 64.0 Å². The van der Waals surface area contributed by atoms with Crippen LogP contribution in [0, 0.1) is 5.92 Å². The van der Waals surface area contributed by atoms with Crippen molar-refractivity contribution < 1.29 is 4.74 Å². The van der Waals surface area contributed by atoms with E-state index in [-0.39, 0.29) is 11.6 Å². The van der Waals surface area contributed by atoms with E-state index in [1.165, 1.54) is 24.0 Å². The van der Waals surface area contributed by atoms with E-state index in [0.29, 0.717) is 0 Å². The van der Waals surface area contributed by atoms with Crippen LogP contribution in [0.5, 0.6) is 0 Å². The van der Waals surface area contributed by atoms with Crippen molar-refractivity contribution in [3.63, 3.8) is 0 Å². The molecule has 1 atom stereocenters. The Kier molecular flexibility index (Phi) is 5.22. The van der Waals surface area contributed by atoms with Crippen LogP contribution in [-0.4, -0.2) is 18.8 Å². The molecule has 0 radical (unpaired) electrons. The zero-order valence-corrected chi connectivity index (χ0v) is 13.2. The number of benzene rings is 1. The summed E-state index contributed by atoms with van der Waals surface area (Å²) in [6.45, 7) is 4.51. The van der Waals surface area contributed by atoms with Crippen molar-refractivity contribution in [3.05, 3.63) is 35.4 Å². The van der Waals surface area contributed by atoms with Crippen molar-refractivity contribution >= 4 is 0 Å². The second-order valence-corrected chi connectivity index (χ2v) is 6.43. The molecule has 0 spiro atoms. The monoisotopic (exact) mass is 275 g/mol. The maximum atomic E-state index is 6.52. The highest BCUT2D eigenvalue weighted by atomic mass is 16.5. The number of hydrogen-bond acceptors (Lipinski definition) is 2. The molecule has 0 aliphatic heterocycles. The molecule has 0 bridgehead atoms. The lowest BCUT2D eigenvalue weighted by Gasteiger charge is -2.42. The van der Waals surface area contributed by atoms with Gasteiger partial charge in [0.2, 0.25) is 0 Å². The normalized spacial score (nSPS) is 28.3. The Morgan fingerprint density at radius 3 is 2.25 bits per heavy atom. The molecule has 1 aliphatic rings. The van der Waals surface area contributed by atoms with Crippen molar-refractivity contribution in [3.8, 4) is 0 Å². The zero-order chi connectivity index (χ0) is 14.6. The summed E-state index contributed by atoms with van der Waals surface area (Å²) in [5.74, 6) is 0.814. The fourth-order valence-corrected chi connectivity index (χ4v) is 3.33. The van der Waals surface area contributed by atoms with Gasteiger partial charge in [0.15, 0.2) is 0 Å². The van der Waals surface area contributed by atoms with Gasteiger partial charge in [-0.15, -0.1) is 0 Å². The Morgan fingerprint density at radius 1 is 1.20 bits per heavy atom. The Hall–Kier alpha value is -0.860. The molecule has 2 heteroatoms.